The number of carbonyl (C=O) groups is 1. The summed E-state index contributed by atoms with van der Waals surface area (Å²) < 4.78 is 0. The van der Waals surface area contributed by atoms with Gasteiger partial charge in [0.15, 0.2) is 5.78 Å². The third-order valence-electron chi connectivity index (χ3n) is 9.18. The molecule has 0 radical (unpaired) electrons. The molecule has 0 aromatic carbocycles. The van der Waals surface area contributed by atoms with Gasteiger partial charge >= 0.3 is 0 Å². The molecule has 0 amide bonds. The molecule has 3 fully saturated rings. The minimum atomic E-state index is -1.87. The number of rotatable bonds is 1. The third-order valence-corrected chi connectivity index (χ3v) is 9.18. The van der Waals surface area contributed by atoms with E-state index < -0.39 is 51.5 Å². The zero-order valence-electron chi connectivity index (χ0n) is 16.4. The average molecular weight is 380 g/mol. The Kier molecular flexibility index (Phi) is 3.92. The smallest absolute Gasteiger partial charge is 0.162 e. The minimum absolute atomic E-state index is 0.0213. The van der Waals surface area contributed by atoms with Crippen LogP contribution in [0.2, 0.25) is 0 Å². The highest BCUT2D eigenvalue weighted by Crippen LogP contribution is 2.70. The lowest BCUT2D eigenvalue weighted by atomic mass is 9.42. The molecule has 27 heavy (non-hydrogen) atoms. The van der Waals surface area contributed by atoms with Gasteiger partial charge in [0.1, 0.15) is 16.8 Å². The molecule has 0 aliphatic heterocycles. The van der Waals surface area contributed by atoms with E-state index in [4.69, 9.17) is 0 Å². The van der Waals surface area contributed by atoms with E-state index >= 15 is 0 Å². The summed E-state index contributed by atoms with van der Waals surface area (Å²) in [5, 5.41) is 56.1. The van der Waals surface area contributed by atoms with Crippen molar-refractivity contribution in [3.63, 3.8) is 0 Å². The molecule has 0 aromatic heterocycles. The molecule has 0 heterocycles. The Bertz CT molecular complexity index is 719. The number of hydrogen-bond donors (Lipinski definition) is 5. The van der Waals surface area contributed by atoms with Crippen LogP contribution < -0.4 is 0 Å². The molecular weight excluding hydrogens is 348 g/mol. The lowest BCUT2D eigenvalue weighted by Crippen LogP contribution is -2.78. The number of carbonyl (C=O) groups excluding carboxylic acids is 1. The Balaban J connectivity index is 1.87. The molecule has 0 saturated heterocycles. The summed E-state index contributed by atoms with van der Waals surface area (Å²) in [7, 11) is 0. The van der Waals surface area contributed by atoms with Crippen molar-refractivity contribution >= 4 is 5.78 Å². The van der Waals surface area contributed by atoms with Crippen LogP contribution in [0.4, 0.5) is 0 Å². The Morgan fingerprint density at radius 2 is 1.78 bits per heavy atom. The van der Waals surface area contributed by atoms with Crippen molar-refractivity contribution in [2.45, 2.75) is 94.7 Å². The normalized spacial score (nSPS) is 57.3. The van der Waals surface area contributed by atoms with Gasteiger partial charge < -0.3 is 25.5 Å². The second-order valence-corrected chi connectivity index (χ2v) is 9.96. The molecule has 152 valence electrons. The quantitative estimate of drug-likeness (QED) is 0.430. The lowest BCUT2D eigenvalue weighted by molar-refractivity contribution is -0.312. The van der Waals surface area contributed by atoms with E-state index in [9.17, 15) is 30.3 Å². The van der Waals surface area contributed by atoms with E-state index in [2.05, 4.69) is 0 Å². The van der Waals surface area contributed by atoms with Crippen LogP contribution in [0.5, 0.6) is 0 Å². The molecule has 6 nitrogen and oxygen atoms in total. The summed E-state index contributed by atoms with van der Waals surface area (Å²) in [6.45, 7) is 4.87. The Morgan fingerprint density at radius 1 is 1.11 bits per heavy atom. The summed E-state index contributed by atoms with van der Waals surface area (Å²) >= 11 is 0. The van der Waals surface area contributed by atoms with Crippen LogP contribution in [0.25, 0.3) is 0 Å². The second-order valence-electron chi connectivity index (χ2n) is 9.96. The average Bonchev–Trinajstić information content (AvgIpc) is 2.83. The van der Waals surface area contributed by atoms with Gasteiger partial charge in [-0.2, -0.15) is 0 Å². The third kappa shape index (κ3) is 1.96. The van der Waals surface area contributed by atoms with Crippen LogP contribution in [0, 0.1) is 16.7 Å². The maximum Gasteiger partial charge on any atom is 0.162 e. The number of aliphatic hydroxyl groups excluding tert-OH is 2. The van der Waals surface area contributed by atoms with Gasteiger partial charge in [0.2, 0.25) is 0 Å². The first-order valence-electron chi connectivity index (χ1n) is 10.1. The van der Waals surface area contributed by atoms with Crippen molar-refractivity contribution in [2.75, 3.05) is 0 Å². The van der Waals surface area contributed by atoms with E-state index in [-0.39, 0.29) is 25.7 Å². The van der Waals surface area contributed by atoms with Crippen LogP contribution in [-0.4, -0.2) is 60.3 Å². The molecule has 4 aliphatic rings. The fourth-order valence-electron chi connectivity index (χ4n) is 7.23. The van der Waals surface area contributed by atoms with Crippen LogP contribution in [0.15, 0.2) is 11.6 Å². The van der Waals surface area contributed by atoms with Gasteiger partial charge in [0.25, 0.3) is 0 Å². The number of fused-ring (bicyclic) bond motifs is 5. The van der Waals surface area contributed by atoms with Gasteiger partial charge in [-0.05, 0) is 57.3 Å². The standard InChI is InChI=1S/C21H32O6/c1-12(22)19(25)8-9-21(27)18(19,3)16(24)11-15-17(2)6-5-14(23)10-13(17)4-7-20(15,21)26/h4,14-16,23-27H,5-11H2,1-3H3/t14-,15-,16+,17-,18+,19+,20+,21+/m0/s1. The van der Waals surface area contributed by atoms with Gasteiger partial charge in [0, 0.05) is 5.92 Å². The Hall–Kier alpha value is -0.790. The van der Waals surface area contributed by atoms with Crippen LogP contribution in [0.1, 0.15) is 65.7 Å². The first kappa shape index (κ1) is 19.5. The van der Waals surface area contributed by atoms with E-state index in [1.165, 1.54) is 6.92 Å². The zero-order valence-corrected chi connectivity index (χ0v) is 16.4. The number of ketones is 1. The summed E-state index contributed by atoms with van der Waals surface area (Å²) in [4.78, 5) is 12.3. The largest absolute Gasteiger partial charge is 0.393 e. The Morgan fingerprint density at radius 3 is 2.41 bits per heavy atom. The minimum Gasteiger partial charge on any atom is -0.393 e. The molecule has 0 bridgehead atoms. The van der Waals surface area contributed by atoms with E-state index in [0.29, 0.717) is 19.3 Å². The molecule has 0 spiro atoms. The van der Waals surface area contributed by atoms with Crippen molar-refractivity contribution < 1.29 is 30.3 Å². The predicted octanol–water partition coefficient (Wildman–Crippen LogP) is 0.831. The summed E-state index contributed by atoms with van der Waals surface area (Å²) in [6.07, 6.45) is 2.73. The lowest BCUT2D eigenvalue weighted by Gasteiger charge is -2.66. The molecule has 8 atom stereocenters. The van der Waals surface area contributed by atoms with Crippen LogP contribution in [-0.2, 0) is 4.79 Å². The molecule has 0 aromatic rings. The van der Waals surface area contributed by atoms with Crippen molar-refractivity contribution in [3.8, 4) is 0 Å². The van der Waals surface area contributed by atoms with E-state index in [1.807, 2.05) is 13.0 Å². The van der Waals surface area contributed by atoms with Crippen molar-refractivity contribution in [2.24, 2.45) is 16.7 Å². The monoisotopic (exact) mass is 380 g/mol. The van der Waals surface area contributed by atoms with Gasteiger partial charge in [-0.15, -0.1) is 0 Å². The number of aliphatic hydroxyl groups is 5. The SMILES string of the molecule is CC(=O)[C@]1(O)CC[C@@]2(O)[C@]1(C)[C@H](O)C[C@H]1[C@@]3(C)CC[C@H](O)CC3=CC[C@@]12O. The summed E-state index contributed by atoms with van der Waals surface area (Å²) in [5.74, 6) is -0.888. The molecule has 4 aliphatic carbocycles. The molecule has 0 unspecified atom stereocenters. The van der Waals surface area contributed by atoms with Crippen LogP contribution >= 0.6 is 0 Å². The predicted molar refractivity (Wildman–Crippen MR) is 97.7 cm³/mol. The van der Waals surface area contributed by atoms with Crippen molar-refractivity contribution in [1.29, 1.82) is 0 Å². The molecular formula is C21H32O6. The summed E-state index contributed by atoms with van der Waals surface area (Å²) in [6, 6.07) is 0. The van der Waals surface area contributed by atoms with Crippen molar-refractivity contribution in [3.05, 3.63) is 11.6 Å². The van der Waals surface area contributed by atoms with Gasteiger partial charge in [-0.3, -0.25) is 4.79 Å². The number of hydrogen-bond acceptors (Lipinski definition) is 6. The molecule has 6 heteroatoms. The van der Waals surface area contributed by atoms with Gasteiger partial charge in [-0.25, -0.2) is 0 Å². The second kappa shape index (κ2) is 5.42. The molecule has 4 rings (SSSR count). The first-order chi connectivity index (χ1) is 12.4. The highest BCUT2D eigenvalue weighted by molar-refractivity contribution is 5.87. The maximum absolute atomic E-state index is 12.3. The first-order valence-corrected chi connectivity index (χ1v) is 10.1. The number of Topliss-reactive ketones (excluding diaryl/α,β-unsaturated/α-hetero) is 1. The van der Waals surface area contributed by atoms with E-state index in [1.54, 1.807) is 6.92 Å². The summed E-state index contributed by atoms with van der Waals surface area (Å²) in [5.41, 5.74) is -6.07. The van der Waals surface area contributed by atoms with Gasteiger partial charge in [-0.1, -0.05) is 25.5 Å². The van der Waals surface area contributed by atoms with Gasteiger partial charge in [0.05, 0.1) is 17.6 Å². The van der Waals surface area contributed by atoms with Crippen LogP contribution in [0.3, 0.4) is 0 Å². The molecule has 3 saturated carbocycles. The highest BCUT2D eigenvalue weighted by atomic mass is 16.4. The zero-order chi connectivity index (χ0) is 20.0. The fraction of sp³-hybridized carbons (Fsp3) is 0.857. The Labute approximate surface area is 159 Å². The molecule has 5 N–H and O–H groups in total. The maximum atomic E-state index is 12.3. The van der Waals surface area contributed by atoms with Crippen molar-refractivity contribution in [1.82, 2.24) is 0 Å². The fourth-order valence-corrected chi connectivity index (χ4v) is 7.23. The highest BCUT2D eigenvalue weighted by Gasteiger charge is 2.80. The topological polar surface area (TPSA) is 118 Å². The van der Waals surface area contributed by atoms with E-state index in [0.717, 1.165) is 5.57 Å².